The van der Waals surface area contributed by atoms with Crippen molar-refractivity contribution < 1.29 is 9.90 Å². The topological polar surface area (TPSA) is 40.5 Å². The number of hydrogen-bond donors (Lipinski definition) is 1. The molecule has 19 heavy (non-hydrogen) atoms. The van der Waals surface area contributed by atoms with Crippen molar-refractivity contribution in [2.75, 3.05) is 25.4 Å². The summed E-state index contributed by atoms with van der Waals surface area (Å²) in [5.41, 5.74) is 1.23. The lowest BCUT2D eigenvalue weighted by Crippen LogP contribution is -2.25. The Kier molecular flexibility index (Phi) is 7.28. The zero-order valence-electron chi connectivity index (χ0n) is 11.4. The van der Waals surface area contributed by atoms with Crippen LogP contribution in [0.5, 0.6) is 0 Å². The van der Waals surface area contributed by atoms with Gasteiger partial charge in [-0.2, -0.15) is 11.8 Å². The van der Waals surface area contributed by atoms with Gasteiger partial charge in [0.05, 0.1) is 5.56 Å². The minimum absolute atomic E-state index is 0.238. The molecule has 0 atom stereocenters. The fourth-order valence-electron chi connectivity index (χ4n) is 1.71. The third-order valence-corrected chi connectivity index (χ3v) is 4.34. The molecular formula is C14H20ClNO2S. The highest BCUT2D eigenvalue weighted by Gasteiger charge is 2.07. The zero-order chi connectivity index (χ0) is 14.3. The molecule has 0 saturated heterocycles. The van der Waals surface area contributed by atoms with E-state index in [1.165, 1.54) is 6.07 Å². The first-order valence-electron chi connectivity index (χ1n) is 6.40. The molecule has 1 aromatic carbocycles. The Morgan fingerprint density at radius 2 is 2.05 bits per heavy atom. The van der Waals surface area contributed by atoms with Crippen molar-refractivity contribution in [2.24, 2.45) is 0 Å². The second-order valence-corrected chi connectivity index (χ2v) is 5.70. The summed E-state index contributed by atoms with van der Waals surface area (Å²) in [6, 6.07) is 4.93. The second kappa shape index (κ2) is 8.46. The van der Waals surface area contributed by atoms with Crippen molar-refractivity contribution in [1.29, 1.82) is 0 Å². The zero-order valence-corrected chi connectivity index (χ0v) is 12.9. The van der Waals surface area contributed by atoms with Crippen molar-refractivity contribution >= 4 is 29.3 Å². The van der Waals surface area contributed by atoms with Crippen molar-refractivity contribution in [3.63, 3.8) is 0 Å². The van der Waals surface area contributed by atoms with Gasteiger partial charge in [0.15, 0.2) is 0 Å². The average molecular weight is 302 g/mol. The van der Waals surface area contributed by atoms with Crippen LogP contribution in [0.3, 0.4) is 0 Å². The number of hydrogen-bond acceptors (Lipinski definition) is 3. The smallest absolute Gasteiger partial charge is 0.335 e. The van der Waals surface area contributed by atoms with E-state index in [9.17, 15) is 4.79 Å². The molecule has 0 aliphatic carbocycles. The van der Waals surface area contributed by atoms with Crippen LogP contribution < -0.4 is 0 Å². The number of benzene rings is 1. The van der Waals surface area contributed by atoms with Gasteiger partial charge < -0.3 is 10.0 Å². The van der Waals surface area contributed by atoms with Gasteiger partial charge in [0.25, 0.3) is 0 Å². The predicted molar refractivity (Wildman–Crippen MR) is 82.4 cm³/mol. The molecule has 0 aromatic heterocycles. The van der Waals surface area contributed by atoms with E-state index in [-0.39, 0.29) is 5.56 Å². The van der Waals surface area contributed by atoms with Gasteiger partial charge in [-0.25, -0.2) is 4.79 Å². The number of rotatable bonds is 8. The summed E-state index contributed by atoms with van der Waals surface area (Å²) in [6.45, 7) is 7.55. The Labute approximate surface area is 123 Å². The quantitative estimate of drug-likeness (QED) is 0.745. The van der Waals surface area contributed by atoms with Crippen LogP contribution in [0.15, 0.2) is 18.2 Å². The minimum atomic E-state index is -0.942. The van der Waals surface area contributed by atoms with E-state index in [4.69, 9.17) is 16.7 Å². The van der Waals surface area contributed by atoms with E-state index in [0.29, 0.717) is 5.02 Å². The maximum Gasteiger partial charge on any atom is 0.335 e. The summed E-state index contributed by atoms with van der Waals surface area (Å²) in [7, 11) is 0. The maximum absolute atomic E-state index is 10.8. The van der Waals surface area contributed by atoms with Crippen LogP contribution in [0.1, 0.15) is 29.8 Å². The molecule has 0 aliphatic heterocycles. The van der Waals surface area contributed by atoms with Gasteiger partial charge in [-0.05, 0) is 30.8 Å². The van der Waals surface area contributed by atoms with Gasteiger partial charge in [-0.3, -0.25) is 0 Å². The van der Waals surface area contributed by atoms with E-state index in [1.54, 1.807) is 12.1 Å². The molecule has 0 aliphatic rings. The number of carboxylic acids is 1. The van der Waals surface area contributed by atoms with Crippen LogP contribution in [0, 0.1) is 0 Å². The lowest BCUT2D eigenvalue weighted by atomic mass is 10.1. The Balaban J connectivity index is 2.43. The van der Waals surface area contributed by atoms with Gasteiger partial charge in [-0.15, -0.1) is 0 Å². The molecule has 5 heteroatoms. The Morgan fingerprint density at radius 3 is 2.58 bits per heavy atom. The minimum Gasteiger partial charge on any atom is -0.478 e. The van der Waals surface area contributed by atoms with Crippen LogP contribution in [0.2, 0.25) is 5.02 Å². The highest BCUT2D eigenvalue weighted by molar-refractivity contribution is 7.98. The molecule has 3 nitrogen and oxygen atoms in total. The standard InChI is InChI=1S/C14H20ClNO2S/c1-3-16(4-2)7-8-19-10-12-6-5-11(14(17)18)9-13(12)15/h5-6,9H,3-4,7-8,10H2,1-2H3,(H,17,18). The molecule has 0 amide bonds. The van der Waals surface area contributed by atoms with Gasteiger partial charge >= 0.3 is 5.97 Å². The van der Waals surface area contributed by atoms with Crippen molar-refractivity contribution in [3.8, 4) is 0 Å². The van der Waals surface area contributed by atoms with E-state index in [0.717, 1.165) is 36.7 Å². The normalized spacial score (nSPS) is 10.9. The number of carbonyl (C=O) groups is 1. The third-order valence-electron chi connectivity index (χ3n) is 3.00. The molecule has 0 bridgehead atoms. The van der Waals surface area contributed by atoms with Crippen LogP contribution in [0.4, 0.5) is 0 Å². The van der Waals surface area contributed by atoms with Crippen LogP contribution in [0.25, 0.3) is 0 Å². The third kappa shape index (κ3) is 5.43. The molecule has 0 radical (unpaired) electrons. The van der Waals surface area contributed by atoms with Gasteiger partial charge in [0, 0.05) is 23.1 Å². The highest BCUT2D eigenvalue weighted by Crippen LogP contribution is 2.22. The number of carboxylic acid groups (broad SMARTS) is 1. The molecule has 106 valence electrons. The molecule has 0 heterocycles. The fourth-order valence-corrected chi connectivity index (χ4v) is 3.04. The summed E-state index contributed by atoms with van der Waals surface area (Å²) in [6.07, 6.45) is 0. The molecule has 0 unspecified atom stereocenters. The maximum atomic E-state index is 10.8. The Hall–Kier alpha value is -0.710. The van der Waals surface area contributed by atoms with Crippen molar-refractivity contribution in [2.45, 2.75) is 19.6 Å². The van der Waals surface area contributed by atoms with Crippen LogP contribution in [-0.2, 0) is 5.75 Å². The molecule has 1 rings (SSSR count). The van der Waals surface area contributed by atoms with Gasteiger partial charge in [0.1, 0.15) is 0 Å². The predicted octanol–water partition coefficient (Wildman–Crippen LogP) is 3.61. The summed E-state index contributed by atoms with van der Waals surface area (Å²) in [4.78, 5) is 13.2. The number of nitrogens with zero attached hydrogens (tertiary/aromatic N) is 1. The monoisotopic (exact) mass is 301 g/mol. The van der Waals surface area contributed by atoms with E-state index in [1.807, 2.05) is 11.8 Å². The van der Waals surface area contributed by atoms with Gasteiger partial charge in [-0.1, -0.05) is 31.5 Å². The Bertz CT molecular complexity index is 422. The first-order chi connectivity index (χ1) is 9.08. The number of halogens is 1. The van der Waals surface area contributed by atoms with E-state index in [2.05, 4.69) is 18.7 Å². The first kappa shape index (κ1) is 16.3. The number of aromatic carboxylic acids is 1. The molecule has 0 fully saturated rings. The number of thioether (sulfide) groups is 1. The average Bonchev–Trinajstić information content (AvgIpc) is 2.40. The van der Waals surface area contributed by atoms with E-state index < -0.39 is 5.97 Å². The summed E-state index contributed by atoms with van der Waals surface area (Å²) >= 11 is 7.90. The first-order valence-corrected chi connectivity index (χ1v) is 7.93. The van der Waals surface area contributed by atoms with Crippen molar-refractivity contribution in [1.82, 2.24) is 4.90 Å². The second-order valence-electron chi connectivity index (χ2n) is 4.19. The fraction of sp³-hybridized carbons (Fsp3) is 0.500. The molecule has 0 spiro atoms. The van der Waals surface area contributed by atoms with Crippen molar-refractivity contribution in [3.05, 3.63) is 34.3 Å². The summed E-state index contributed by atoms with van der Waals surface area (Å²) in [5, 5.41) is 9.40. The Morgan fingerprint density at radius 1 is 1.37 bits per heavy atom. The molecule has 1 N–H and O–H groups in total. The van der Waals surface area contributed by atoms with Crippen LogP contribution >= 0.6 is 23.4 Å². The van der Waals surface area contributed by atoms with Gasteiger partial charge in [0.2, 0.25) is 0 Å². The van der Waals surface area contributed by atoms with E-state index >= 15 is 0 Å². The molecular weight excluding hydrogens is 282 g/mol. The molecule has 1 aromatic rings. The van der Waals surface area contributed by atoms with Crippen LogP contribution in [-0.4, -0.2) is 41.4 Å². The summed E-state index contributed by atoms with van der Waals surface area (Å²) < 4.78 is 0. The highest BCUT2D eigenvalue weighted by atomic mass is 35.5. The lowest BCUT2D eigenvalue weighted by Gasteiger charge is -2.17. The lowest BCUT2D eigenvalue weighted by molar-refractivity contribution is 0.0697. The molecule has 0 saturated carbocycles. The summed E-state index contributed by atoms with van der Waals surface area (Å²) in [5.74, 6) is 0.932. The SMILES string of the molecule is CCN(CC)CCSCc1ccc(C(=O)O)cc1Cl. The largest absolute Gasteiger partial charge is 0.478 e.